The Balaban J connectivity index is 1.71. The van der Waals surface area contributed by atoms with Crippen molar-refractivity contribution in [3.63, 3.8) is 0 Å². The Labute approximate surface area is 201 Å². The normalized spacial score (nSPS) is 13.6. The van der Waals surface area contributed by atoms with Crippen LogP contribution in [0.5, 0.6) is 5.75 Å². The van der Waals surface area contributed by atoms with Gasteiger partial charge >= 0.3 is 0 Å². The number of unbranched alkanes of at least 4 members (excludes halogenated alkanes) is 1. The predicted molar refractivity (Wildman–Crippen MR) is 137 cm³/mol. The number of hydrogen-bond donors (Lipinski definition) is 1. The number of nitrogens with zero attached hydrogens (tertiary/aromatic N) is 1. The van der Waals surface area contributed by atoms with Gasteiger partial charge < -0.3 is 10.1 Å². The predicted octanol–water partition coefficient (Wildman–Crippen LogP) is 6.00. The third kappa shape index (κ3) is 4.74. The highest BCUT2D eigenvalue weighted by Gasteiger charge is 2.40. The molecule has 0 radical (unpaired) electrons. The Kier molecular flexibility index (Phi) is 7.12. The number of benzene rings is 3. The molecule has 0 fully saturated rings. The number of rotatable bonds is 9. The van der Waals surface area contributed by atoms with Crippen LogP contribution in [0.3, 0.4) is 0 Å². The lowest BCUT2D eigenvalue weighted by Crippen LogP contribution is -2.32. The summed E-state index contributed by atoms with van der Waals surface area (Å²) in [5.41, 5.74) is 5.01. The van der Waals surface area contributed by atoms with Crippen molar-refractivity contribution >= 4 is 28.8 Å². The van der Waals surface area contributed by atoms with Crippen molar-refractivity contribution in [2.45, 2.75) is 39.5 Å². The molecule has 3 aromatic rings. The number of ether oxygens (including phenoxy) is 1. The highest BCUT2D eigenvalue weighted by molar-refractivity contribution is 6.46. The molecule has 3 aromatic carbocycles. The molecule has 1 N–H and O–H groups in total. The van der Waals surface area contributed by atoms with E-state index in [2.05, 4.69) is 19.2 Å². The zero-order valence-electron chi connectivity index (χ0n) is 19.9. The summed E-state index contributed by atoms with van der Waals surface area (Å²) >= 11 is 0. The van der Waals surface area contributed by atoms with E-state index in [0.717, 1.165) is 31.4 Å². The van der Waals surface area contributed by atoms with Gasteiger partial charge in [0.1, 0.15) is 11.4 Å². The van der Waals surface area contributed by atoms with Gasteiger partial charge in [-0.05, 0) is 72.4 Å². The minimum absolute atomic E-state index is 0.273. The molecule has 0 atom stereocenters. The smallest absolute Gasteiger partial charge is 0.282 e. The average Bonchev–Trinajstić information content (AvgIpc) is 3.12. The maximum Gasteiger partial charge on any atom is 0.282 e. The lowest BCUT2D eigenvalue weighted by molar-refractivity contribution is -0.120. The SMILES string of the molecule is CCCCc1ccc(N2C(=O)C(Nc3ccc(CC)cc3)=C(c3ccc(OC)cc3)C2=O)cc1. The summed E-state index contributed by atoms with van der Waals surface area (Å²) in [6.45, 7) is 4.25. The third-order valence-corrected chi connectivity index (χ3v) is 6.11. The molecule has 34 heavy (non-hydrogen) atoms. The van der Waals surface area contributed by atoms with Gasteiger partial charge in [-0.3, -0.25) is 9.59 Å². The Morgan fingerprint density at radius 1 is 0.794 bits per heavy atom. The van der Waals surface area contributed by atoms with Gasteiger partial charge in [0, 0.05) is 5.69 Å². The van der Waals surface area contributed by atoms with E-state index in [-0.39, 0.29) is 17.5 Å². The van der Waals surface area contributed by atoms with E-state index in [4.69, 9.17) is 4.74 Å². The van der Waals surface area contributed by atoms with Crippen LogP contribution in [0.1, 0.15) is 43.4 Å². The van der Waals surface area contributed by atoms with Gasteiger partial charge in [-0.25, -0.2) is 4.90 Å². The minimum Gasteiger partial charge on any atom is -0.497 e. The van der Waals surface area contributed by atoms with Crippen LogP contribution in [0.4, 0.5) is 11.4 Å². The van der Waals surface area contributed by atoms with Crippen molar-refractivity contribution < 1.29 is 14.3 Å². The molecular formula is C29H30N2O3. The average molecular weight is 455 g/mol. The fourth-order valence-electron chi connectivity index (χ4n) is 4.07. The molecular weight excluding hydrogens is 424 g/mol. The number of carbonyl (C=O) groups excluding carboxylic acids is 2. The first-order valence-corrected chi connectivity index (χ1v) is 11.8. The van der Waals surface area contributed by atoms with Crippen molar-refractivity contribution in [3.8, 4) is 5.75 Å². The molecule has 4 rings (SSSR count). The van der Waals surface area contributed by atoms with Gasteiger partial charge in [0.15, 0.2) is 0 Å². The summed E-state index contributed by atoms with van der Waals surface area (Å²) in [6.07, 6.45) is 4.14. The van der Waals surface area contributed by atoms with Crippen LogP contribution in [-0.4, -0.2) is 18.9 Å². The van der Waals surface area contributed by atoms with Crippen LogP contribution in [-0.2, 0) is 22.4 Å². The molecule has 5 heteroatoms. The van der Waals surface area contributed by atoms with Crippen LogP contribution >= 0.6 is 0 Å². The number of aryl methyl sites for hydroxylation is 2. The summed E-state index contributed by atoms with van der Waals surface area (Å²) in [6, 6.07) is 22.8. The van der Waals surface area contributed by atoms with Crippen molar-refractivity contribution in [2.75, 3.05) is 17.3 Å². The number of imide groups is 1. The summed E-state index contributed by atoms with van der Waals surface area (Å²) in [5.74, 6) is -0.0221. The topological polar surface area (TPSA) is 58.6 Å². The quantitative estimate of drug-likeness (QED) is 0.403. The first-order valence-electron chi connectivity index (χ1n) is 11.8. The number of hydrogen-bond acceptors (Lipinski definition) is 4. The van der Waals surface area contributed by atoms with Crippen molar-refractivity contribution in [1.82, 2.24) is 0 Å². The van der Waals surface area contributed by atoms with Gasteiger partial charge in [0.05, 0.1) is 18.4 Å². The molecule has 0 bridgehead atoms. The molecule has 0 saturated carbocycles. The van der Waals surface area contributed by atoms with E-state index in [9.17, 15) is 9.59 Å². The fraction of sp³-hybridized carbons (Fsp3) is 0.241. The Morgan fingerprint density at radius 2 is 1.44 bits per heavy atom. The number of methoxy groups -OCH3 is 1. The monoisotopic (exact) mass is 454 g/mol. The standard InChI is InChI=1S/C29H30N2O3/c1-4-6-7-21-10-16-24(17-11-21)31-28(32)26(22-12-18-25(34-3)19-13-22)27(29(31)33)30-23-14-8-20(5-2)9-15-23/h8-19,30H,4-7H2,1-3H3. The highest BCUT2D eigenvalue weighted by atomic mass is 16.5. The minimum atomic E-state index is -0.364. The van der Waals surface area contributed by atoms with E-state index in [1.54, 1.807) is 31.4 Å². The first-order chi connectivity index (χ1) is 16.5. The van der Waals surface area contributed by atoms with Crippen LogP contribution in [0.2, 0.25) is 0 Å². The molecule has 1 aliphatic heterocycles. The summed E-state index contributed by atoms with van der Waals surface area (Å²) in [5, 5.41) is 3.22. The van der Waals surface area contributed by atoms with Crippen LogP contribution in [0.15, 0.2) is 78.5 Å². The van der Waals surface area contributed by atoms with Crippen molar-refractivity contribution in [3.05, 3.63) is 95.2 Å². The van der Waals surface area contributed by atoms with Gasteiger partial charge in [0.25, 0.3) is 11.8 Å². The van der Waals surface area contributed by atoms with Gasteiger partial charge in [-0.1, -0.05) is 56.7 Å². The van der Waals surface area contributed by atoms with Crippen LogP contribution in [0, 0.1) is 0 Å². The zero-order chi connectivity index (χ0) is 24.1. The summed E-state index contributed by atoms with van der Waals surface area (Å²) < 4.78 is 5.26. The summed E-state index contributed by atoms with van der Waals surface area (Å²) in [7, 11) is 1.59. The molecule has 1 heterocycles. The van der Waals surface area contributed by atoms with E-state index in [1.165, 1.54) is 16.0 Å². The second-order valence-electron chi connectivity index (χ2n) is 8.37. The van der Waals surface area contributed by atoms with E-state index in [1.807, 2.05) is 48.5 Å². The lowest BCUT2D eigenvalue weighted by Gasteiger charge is -2.16. The Bertz CT molecular complexity index is 1190. The molecule has 2 amide bonds. The third-order valence-electron chi connectivity index (χ3n) is 6.11. The molecule has 0 aromatic heterocycles. The number of anilines is 2. The number of nitrogens with one attached hydrogen (secondary N) is 1. The molecule has 1 aliphatic rings. The van der Waals surface area contributed by atoms with E-state index in [0.29, 0.717) is 22.6 Å². The Hall–Kier alpha value is -3.86. The van der Waals surface area contributed by atoms with Gasteiger partial charge in [-0.2, -0.15) is 0 Å². The second kappa shape index (κ2) is 10.4. The van der Waals surface area contributed by atoms with Gasteiger partial charge in [0.2, 0.25) is 0 Å². The van der Waals surface area contributed by atoms with Crippen molar-refractivity contribution in [1.29, 1.82) is 0 Å². The number of amides is 2. The molecule has 0 spiro atoms. The molecule has 0 aliphatic carbocycles. The summed E-state index contributed by atoms with van der Waals surface area (Å²) in [4.78, 5) is 28.4. The largest absolute Gasteiger partial charge is 0.497 e. The second-order valence-corrected chi connectivity index (χ2v) is 8.37. The lowest BCUT2D eigenvalue weighted by atomic mass is 10.0. The highest BCUT2D eigenvalue weighted by Crippen LogP contribution is 2.34. The van der Waals surface area contributed by atoms with Crippen molar-refractivity contribution in [2.24, 2.45) is 0 Å². The fourth-order valence-corrected chi connectivity index (χ4v) is 4.07. The maximum atomic E-state index is 13.6. The van der Waals surface area contributed by atoms with Gasteiger partial charge in [-0.15, -0.1) is 0 Å². The van der Waals surface area contributed by atoms with Crippen LogP contribution < -0.4 is 15.0 Å². The van der Waals surface area contributed by atoms with E-state index >= 15 is 0 Å². The molecule has 174 valence electrons. The Morgan fingerprint density at radius 3 is 2.03 bits per heavy atom. The molecule has 0 saturated heterocycles. The molecule has 5 nitrogen and oxygen atoms in total. The van der Waals surface area contributed by atoms with Crippen LogP contribution in [0.25, 0.3) is 5.57 Å². The first kappa shape index (κ1) is 23.3. The number of carbonyl (C=O) groups is 2. The van der Waals surface area contributed by atoms with E-state index < -0.39 is 0 Å². The maximum absolute atomic E-state index is 13.6. The zero-order valence-corrected chi connectivity index (χ0v) is 19.9. The molecule has 0 unspecified atom stereocenters.